The molecule has 4 aromatic rings. The van der Waals surface area contributed by atoms with Gasteiger partial charge in [-0.3, -0.25) is 4.79 Å². The molecule has 0 aliphatic carbocycles. The number of nitrogens with zero attached hydrogens (tertiary/aromatic N) is 2. The lowest BCUT2D eigenvalue weighted by Gasteiger charge is -2.14. The highest BCUT2D eigenvalue weighted by Gasteiger charge is 2.33. The molecule has 8 nitrogen and oxygen atoms in total. The first-order chi connectivity index (χ1) is 15.6. The second-order valence-electron chi connectivity index (χ2n) is 6.81. The Labute approximate surface area is 188 Å². The van der Waals surface area contributed by atoms with Crippen LogP contribution in [0.5, 0.6) is 0 Å². The van der Waals surface area contributed by atoms with Gasteiger partial charge >= 0.3 is 12.2 Å². The number of carbonyl (C=O) groups is 2. The van der Waals surface area contributed by atoms with Gasteiger partial charge in [0, 0.05) is 11.3 Å². The molecule has 0 bridgehead atoms. The molecule has 0 spiro atoms. The number of primary amides is 1. The average Bonchev–Trinajstić information content (AvgIpc) is 3.10. The van der Waals surface area contributed by atoms with E-state index in [2.05, 4.69) is 20.6 Å². The van der Waals surface area contributed by atoms with Crippen LogP contribution >= 0.6 is 11.3 Å². The van der Waals surface area contributed by atoms with Crippen molar-refractivity contribution in [1.29, 1.82) is 0 Å². The highest BCUT2D eigenvalue weighted by molar-refractivity contribution is 7.21. The monoisotopic (exact) mass is 472 g/mol. The third-order valence-corrected chi connectivity index (χ3v) is 5.75. The normalized spacial score (nSPS) is 11.4. The van der Waals surface area contributed by atoms with E-state index in [0.717, 1.165) is 23.5 Å². The Morgan fingerprint density at radius 3 is 2.48 bits per heavy atom. The lowest BCUT2D eigenvalue weighted by Crippen LogP contribution is -2.21. The van der Waals surface area contributed by atoms with E-state index in [4.69, 9.17) is 11.5 Å². The van der Waals surface area contributed by atoms with E-state index >= 15 is 0 Å². The van der Waals surface area contributed by atoms with Crippen LogP contribution in [0.1, 0.15) is 15.2 Å². The first kappa shape index (κ1) is 22.0. The fraction of sp³-hybridized carbons (Fsp3) is 0.0476. The number of aromatic nitrogens is 2. The molecule has 12 heteroatoms. The number of nitrogens with one attached hydrogen (secondary N) is 2. The summed E-state index contributed by atoms with van der Waals surface area (Å²) in [5, 5.41) is 5.16. The summed E-state index contributed by atoms with van der Waals surface area (Å²) in [5.74, 6) is -0.687. The maximum atomic E-state index is 13.2. The average molecular weight is 472 g/mol. The third-order valence-electron chi connectivity index (χ3n) is 4.62. The minimum atomic E-state index is -4.62. The number of thiophene rings is 1. The Balaban J connectivity index is 1.63. The number of amides is 3. The van der Waals surface area contributed by atoms with E-state index in [-0.39, 0.29) is 16.3 Å². The standard InChI is InChI=1S/C21H15F3N6O2S/c22-21(23,24)12-6-1-2-7-13(12)30-20(32)29-11-5-3-4-10(8-11)16-14-15(25)17(18(26)31)33-19(14)28-9-27-16/h1-9H,25H2,(H2,26,31)(H2,29,30,32). The van der Waals surface area contributed by atoms with Crippen molar-refractivity contribution in [3.05, 3.63) is 65.3 Å². The van der Waals surface area contributed by atoms with Crippen molar-refractivity contribution in [2.45, 2.75) is 6.18 Å². The Hall–Kier alpha value is -4.19. The molecule has 6 N–H and O–H groups in total. The largest absolute Gasteiger partial charge is 0.418 e. The van der Waals surface area contributed by atoms with Gasteiger partial charge in [-0.25, -0.2) is 14.8 Å². The number of hydrogen-bond donors (Lipinski definition) is 4. The van der Waals surface area contributed by atoms with Crippen LogP contribution in [-0.4, -0.2) is 21.9 Å². The highest BCUT2D eigenvalue weighted by atomic mass is 32.1. The summed E-state index contributed by atoms with van der Waals surface area (Å²) in [5.41, 5.74) is 11.5. The van der Waals surface area contributed by atoms with Gasteiger partial charge in [0.2, 0.25) is 0 Å². The van der Waals surface area contributed by atoms with Gasteiger partial charge in [-0.2, -0.15) is 13.2 Å². The highest BCUT2D eigenvalue weighted by Crippen LogP contribution is 2.38. The van der Waals surface area contributed by atoms with Gasteiger partial charge in [-0.15, -0.1) is 11.3 Å². The van der Waals surface area contributed by atoms with Gasteiger partial charge in [0.05, 0.1) is 28.0 Å². The van der Waals surface area contributed by atoms with Gasteiger partial charge in [-0.05, 0) is 24.3 Å². The molecule has 168 valence electrons. The Morgan fingerprint density at radius 1 is 1.00 bits per heavy atom. The second kappa shape index (κ2) is 8.39. The summed E-state index contributed by atoms with van der Waals surface area (Å²) in [6, 6.07) is 10.2. The van der Waals surface area contributed by atoms with Crippen LogP contribution < -0.4 is 22.1 Å². The summed E-state index contributed by atoms with van der Waals surface area (Å²) in [7, 11) is 0. The minimum Gasteiger partial charge on any atom is -0.397 e. The van der Waals surface area contributed by atoms with E-state index < -0.39 is 23.7 Å². The smallest absolute Gasteiger partial charge is 0.397 e. The number of rotatable bonds is 4. The van der Waals surface area contributed by atoms with Crippen molar-refractivity contribution in [2.75, 3.05) is 16.4 Å². The molecule has 0 fully saturated rings. The molecule has 4 rings (SSSR count). The van der Waals surface area contributed by atoms with Crippen molar-refractivity contribution in [1.82, 2.24) is 9.97 Å². The zero-order chi connectivity index (χ0) is 23.8. The molecule has 0 unspecified atom stereocenters. The first-order valence-corrected chi connectivity index (χ1v) is 10.1. The molecule has 2 aromatic carbocycles. The second-order valence-corrected chi connectivity index (χ2v) is 7.81. The van der Waals surface area contributed by atoms with E-state index in [9.17, 15) is 22.8 Å². The topological polar surface area (TPSA) is 136 Å². The summed E-state index contributed by atoms with van der Waals surface area (Å²) in [4.78, 5) is 33.0. The van der Waals surface area contributed by atoms with Crippen LogP contribution in [0.15, 0.2) is 54.9 Å². The molecule has 0 aliphatic heterocycles. The predicted octanol–water partition coefficient (Wildman–Crippen LogP) is 4.70. The number of nitrogen functional groups attached to an aromatic ring is 1. The van der Waals surface area contributed by atoms with Crippen molar-refractivity contribution < 1.29 is 22.8 Å². The molecule has 0 radical (unpaired) electrons. The molecule has 33 heavy (non-hydrogen) atoms. The zero-order valence-electron chi connectivity index (χ0n) is 16.6. The van der Waals surface area contributed by atoms with E-state index in [1.165, 1.54) is 18.5 Å². The number of anilines is 3. The van der Waals surface area contributed by atoms with Crippen molar-refractivity contribution >= 4 is 50.6 Å². The summed E-state index contributed by atoms with van der Waals surface area (Å²) in [6.07, 6.45) is -3.31. The maximum absolute atomic E-state index is 13.2. The number of halogens is 3. The van der Waals surface area contributed by atoms with Gasteiger partial charge in [-0.1, -0.05) is 24.3 Å². The van der Waals surface area contributed by atoms with Crippen LogP contribution in [0, 0.1) is 0 Å². The van der Waals surface area contributed by atoms with Gasteiger partial charge in [0.1, 0.15) is 16.0 Å². The third kappa shape index (κ3) is 4.41. The lowest BCUT2D eigenvalue weighted by molar-refractivity contribution is -0.136. The van der Waals surface area contributed by atoms with Gasteiger partial charge in [0.25, 0.3) is 5.91 Å². The quantitative estimate of drug-likeness (QED) is 0.341. The Bertz CT molecular complexity index is 1390. The first-order valence-electron chi connectivity index (χ1n) is 9.32. The van der Waals surface area contributed by atoms with Crippen LogP contribution in [0.25, 0.3) is 21.5 Å². The fourth-order valence-corrected chi connectivity index (χ4v) is 4.14. The van der Waals surface area contributed by atoms with Crippen LogP contribution in [0.2, 0.25) is 0 Å². The molecule has 0 aliphatic rings. The minimum absolute atomic E-state index is 0.151. The summed E-state index contributed by atoms with van der Waals surface area (Å²) >= 11 is 1.04. The number of fused-ring (bicyclic) bond motifs is 1. The van der Waals surface area contributed by atoms with Gasteiger partial charge < -0.3 is 22.1 Å². The van der Waals surface area contributed by atoms with Gasteiger partial charge in [0.15, 0.2) is 0 Å². The number of alkyl halides is 3. The summed E-state index contributed by atoms with van der Waals surface area (Å²) < 4.78 is 39.5. The van der Waals surface area contributed by atoms with E-state index in [0.29, 0.717) is 27.2 Å². The van der Waals surface area contributed by atoms with Crippen molar-refractivity contribution in [3.63, 3.8) is 0 Å². The molecule has 3 amide bonds. The lowest BCUT2D eigenvalue weighted by atomic mass is 10.1. The fourth-order valence-electron chi connectivity index (χ4n) is 3.22. The van der Waals surface area contributed by atoms with Crippen LogP contribution in [0.4, 0.5) is 35.0 Å². The van der Waals surface area contributed by atoms with Crippen molar-refractivity contribution in [2.24, 2.45) is 5.73 Å². The molecular weight excluding hydrogens is 457 g/mol. The molecule has 0 saturated carbocycles. The molecule has 0 saturated heterocycles. The number of benzene rings is 2. The zero-order valence-corrected chi connectivity index (χ0v) is 17.4. The number of carbonyl (C=O) groups excluding carboxylic acids is 2. The molecule has 0 atom stereocenters. The maximum Gasteiger partial charge on any atom is 0.418 e. The van der Waals surface area contributed by atoms with Crippen LogP contribution in [0.3, 0.4) is 0 Å². The Morgan fingerprint density at radius 2 is 1.76 bits per heavy atom. The predicted molar refractivity (Wildman–Crippen MR) is 120 cm³/mol. The number of para-hydroxylation sites is 1. The Kier molecular flexibility index (Phi) is 5.60. The number of urea groups is 1. The van der Waals surface area contributed by atoms with Crippen LogP contribution in [-0.2, 0) is 6.18 Å². The number of nitrogens with two attached hydrogens (primary N) is 2. The van der Waals surface area contributed by atoms with Crippen molar-refractivity contribution in [3.8, 4) is 11.3 Å². The molecule has 2 heterocycles. The van der Waals surface area contributed by atoms with E-state index in [1.54, 1.807) is 24.3 Å². The van der Waals surface area contributed by atoms with E-state index in [1.807, 2.05) is 0 Å². The summed E-state index contributed by atoms with van der Waals surface area (Å²) in [6.45, 7) is 0. The SMILES string of the molecule is NC(=O)c1sc2ncnc(-c3cccc(NC(=O)Nc4ccccc4C(F)(F)F)c3)c2c1N. The molecular formula is C21H15F3N6O2S. The molecule has 2 aromatic heterocycles. The number of hydrogen-bond acceptors (Lipinski definition) is 6.